The summed E-state index contributed by atoms with van der Waals surface area (Å²) in [4.78, 5) is 11.8. The van der Waals surface area contributed by atoms with E-state index in [-0.39, 0.29) is 0 Å². The van der Waals surface area contributed by atoms with Gasteiger partial charge in [-0.15, -0.1) is 0 Å². The van der Waals surface area contributed by atoms with E-state index in [2.05, 4.69) is 5.32 Å². The maximum Gasteiger partial charge on any atom is 0.255 e. The molecule has 0 bridgehead atoms. The van der Waals surface area contributed by atoms with Crippen LogP contribution in [0.3, 0.4) is 0 Å². The molecule has 0 radical (unpaired) electrons. The molecule has 0 aliphatic rings. The molecule has 1 aromatic carbocycles. The molecule has 0 saturated carbocycles. The molecule has 1 rings (SSSR count). The third-order valence-electron chi connectivity index (χ3n) is 2.52. The molecule has 0 unspecified atom stereocenters. The van der Waals surface area contributed by atoms with Crippen LogP contribution in [0.4, 0.5) is 5.69 Å². The van der Waals surface area contributed by atoms with Gasteiger partial charge in [-0.3, -0.25) is 4.79 Å². The van der Waals surface area contributed by atoms with Crippen molar-refractivity contribution < 1.29 is 19.4 Å². The van der Waals surface area contributed by atoms with Crippen molar-refractivity contribution in [3.05, 3.63) is 17.7 Å². The summed E-state index contributed by atoms with van der Waals surface area (Å²) in [6.45, 7) is 4.67. The molecule has 100 valence electrons. The lowest BCUT2D eigenvalue weighted by molar-refractivity contribution is -0.130. The first-order valence-electron chi connectivity index (χ1n) is 5.56. The van der Waals surface area contributed by atoms with Crippen molar-refractivity contribution in [1.29, 1.82) is 0 Å². The van der Waals surface area contributed by atoms with Crippen LogP contribution in [0.2, 0.25) is 0 Å². The molecule has 0 aliphatic carbocycles. The zero-order valence-corrected chi connectivity index (χ0v) is 11.3. The Bertz CT molecular complexity index is 449. The van der Waals surface area contributed by atoms with E-state index in [1.54, 1.807) is 19.2 Å². The van der Waals surface area contributed by atoms with Gasteiger partial charge in [-0.25, -0.2) is 0 Å². The van der Waals surface area contributed by atoms with E-state index in [1.807, 2.05) is 6.92 Å². The first-order valence-corrected chi connectivity index (χ1v) is 5.56. The number of carbonyl (C=O) groups is 1. The van der Waals surface area contributed by atoms with Gasteiger partial charge in [0.15, 0.2) is 0 Å². The van der Waals surface area contributed by atoms with Crippen molar-refractivity contribution in [2.75, 3.05) is 19.5 Å². The number of methoxy groups -OCH3 is 2. The normalized spacial score (nSPS) is 11.0. The number of hydrogen-bond donors (Lipinski definition) is 2. The first-order chi connectivity index (χ1) is 8.29. The van der Waals surface area contributed by atoms with Crippen LogP contribution in [0.5, 0.6) is 11.5 Å². The van der Waals surface area contributed by atoms with Gasteiger partial charge >= 0.3 is 0 Å². The number of nitrogens with one attached hydrogen (secondary N) is 1. The summed E-state index contributed by atoms with van der Waals surface area (Å²) in [5, 5.41) is 12.3. The highest BCUT2D eigenvalue weighted by Crippen LogP contribution is 2.33. The Labute approximate surface area is 107 Å². The highest BCUT2D eigenvalue weighted by atomic mass is 16.5. The molecule has 0 saturated heterocycles. The van der Waals surface area contributed by atoms with Crippen LogP contribution >= 0.6 is 0 Å². The van der Waals surface area contributed by atoms with Crippen LogP contribution in [0, 0.1) is 6.92 Å². The number of aryl methyl sites for hydroxylation is 1. The fraction of sp³-hybridized carbons (Fsp3) is 0.462. The second-order valence-electron chi connectivity index (χ2n) is 4.53. The molecule has 5 nitrogen and oxygen atoms in total. The highest BCUT2D eigenvalue weighted by molar-refractivity contribution is 5.98. The SMILES string of the molecule is COc1cc(C)c(NC(=O)C(C)(C)O)c(OC)c1. The predicted molar refractivity (Wildman–Crippen MR) is 69.2 cm³/mol. The average molecular weight is 253 g/mol. The molecular weight excluding hydrogens is 234 g/mol. The number of ether oxygens (including phenoxy) is 2. The molecule has 1 aromatic rings. The quantitative estimate of drug-likeness (QED) is 0.857. The van der Waals surface area contributed by atoms with Gasteiger partial charge < -0.3 is 19.9 Å². The predicted octanol–water partition coefficient (Wildman–Crippen LogP) is 1.72. The number of hydrogen-bond acceptors (Lipinski definition) is 4. The van der Waals surface area contributed by atoms with Crippen LogP contribution < -0.4 is 14.8 Å². The number of benzene rings is 1. The Morgan fingerprint density at radius 1 is 1.28 bits per heavy atom. The van der Waals surface area contributed by atoms with Gasteiger partial charge in [0.05, 0.1) is 19.9 Å². The third-order valence-corrected chi connectivity index (χ3v) is 2.52. The fourth-order valence-corrected chi connectivity index (χ4v) is 1.43. The van der Waals surface area contributed by atoms with E-state index < -0.39 is 11.5 Å². The van der Waals surface area contributed by atoms with Crippen LogP contribution in [-0.4, -0.2) is 30.8 Å². The van der Waals surface area contributed by atoms with Crippen molar-refractivity contribution in [1.82, 2.24) is 0 Å². The summed E-state index contributed by atoms with van der Waals surface area (Å²) < 4.78 is 10.3. The minimum absolute atomic E-state index is 0.490. The molecule has 5 heteroatoms. The number of carbonyl (C=O) groups excluding carboxylic acids is 1. The van der Waals surface area contributed by atoms with Gasteiger partial charge in [0.25, 0.3) is 5.91 Å². The molecule has 0 aliphatic heterocycles. The Morgan fingerprint density at radius 3 is 2.33 bits per heavy atom. The number of aliphatic hydroxyl groups is 1. The van der Waals surface area contributed by atoms with Crippen LogP contribution in [-0.2, 0) is 4.79 Å². The molecule has 2 N–H and O–H groups in total. The fourth-order valence-electron chi connectivity index (χ4n) is 1.43. The Hall–Kier alpha value is -1.75. The zero-order chi connectivity index (χ0) is 13.9. The van der Waals surface area contributed by atoms with Crippen LogP contribution in [0.15, 0.2) is 12.1 Å². The molecule has 0 aromatic heterocycles. The van der Waals surface area contributed by atoms with E-state index >= 15 is 0 Å². The molecule has 0 fully saturated rings. The maximum atomic E-state index is 11.8. The lowest BCUT2D eigenvalue weighted by Crippen LogP contribution is -2.37. The standard InChI is InChI=1S/C13H19NO4/c1-8-6-9(17-4)7-10(18-5)11(8)14-12(15)13(2,3)16/h6-7,16H,1-5H3,(H,14,15). The Morgan fingerprint density at radius 2 is 1.89 bits per heavy atom. The average Bonchev–Trinajstić information content (AvgIpc) is 2.29. The molecule has 18 heavy (non-hydrogen) atoms. The summed E-state index contributed by atoms with van der Waals surface area (Å²) in [5.41, 5.74) is -0.119. The van der Waals surface area contributed by atoms with Crippen LogP contribution in [0.1, 0.15) is 19.4 Å². The van der Waals surface area contributed by atoms with Crippen molar-refractivity contribution in [2.24, 2.45) is 0 Å². The highest BCUT2D eigenvalue weighted by Gasteiger charge is 2.25. The van der Waals surface area contributed by atoms with E-state index in [0.717, 1.165) is 5.56 Å². The van der Waals surface area contributed by atoms with Gasteiger partial charge in [0.1, 0.15) is 17.1 Å². The minimum Gasteiger partial charge on any atom is -0.497 e. The third kappa shape index (κ3) is 3.13. The largest absolute Gasteiger partial charge is 0.497 e. The summed E-state index contributed by atoms with van der Waals surface area (Å²) >= 11 is 0. The topological polar surface area (TPSA) is 67.8 Å². The number of anilines is 1. The summed E-state index contributed by atoms with van der Waals surface area (Å²) in [5.74, 6) is 0.643. The van der Waals surface area contributed by atoms with Gasteiger partial charge in [0, 0.05) is 6.07 Å². The van der Waals surface area contributed by atoms with Gasteiger partial charge in [-0.05, 0) is 32.4 Å². The Balaban J connectivity index is 3.13. The number of rotatable bonds is 4. The van der Waals surface area contributed by atoms with E-state index in [4.69, 9.17) is 9.47 Å². The van der Waals surface area contributed by atoms with Crippen molar-refractivity contribution >= 4 is 11.6 Å². The van der Waals surface area contributed by atoms with Gasteiger partial charge in [0.2, 0.25) is 0 Å². The minimum atomic E-state index is -1.45. The van der Waals surface area contributed by atoms with Crippen molar-refractivity contribution in [2.45, 2.75) is 26.4 Å². The van der Waals surface area contributed by atoms with E-state index in [9.17, 15) is 9.90 Å². The smallest absolute Gasteiger partial charge is 0.255 e. The second kappa shape index (κ2) is 5.27. The lowest BCUT2D eigenvalue weighted by Gasteiger charge is -2.20. The summed E-state index contributed by atoms with van der Waals surface area (Å²) in [6.07, 6.45) is 0. The summed E-state index contributed by atoms with van der Waals surface area (Å²) in [7, 11) is 3.07. The van der Waals surface area contributed by atoms with Crippen molar-refractivity contribution in [3.8, 4) is 11.5 Å². The molecule has 0 spiro atoms. The van der Waals surface area contributed by atoms with Gasteiger partial charge in [-0.2, -0.15) is 0 Å². The summed E-state index contributed by atoms with van der Waals surface area (Å²) in [6, 6.07) is 3.45. The molecule has 1 amide bonds. The van der Waals surface area contributed by atoms with E-state index in [1.165, 1.54) is 21.0 Å². The zero-order valence-electron chi connectivity index (χ0n) is 11.3. The first kappa shape index (κ1) is 14.3. The molecule has 0 heterocycles. The molecular formula is C13H19NO4. The van der Waals surface area contributed by atoms with E-state index in [0.29, 0.717) is 17.2 Å². The number of amides is 1. The van der Waals surface area contributed by atoms with Crippen molar-refractivity contribution in [3.63, 3.8) is 0 Å². The van der Waals surface area contributed by atoms with Gasteiger partial charge in [-0.1, -0.05) is 0 Å². The monoisotopic (exact) mass is 253 g/mol. The van der Waals surface area contributed by atoms with Crippen LogP contribution in [0.25, 0.3) is 0 Å². The Kier molecular flexibility index (Phi) is 4.19. The lowest BCUT2D eigenvalue weighted by atomic mass is 10.1. The molecule has 0 atom stereocenters. The second-order valence-corrected chi connectivity index (χ2v) is 4.53. The maximum absolute atomic E-state index is 11.8.